The Morgan fingerprint density at radius 2 is 1.20 bits per heavy atom. The molecule has 13 rings (SSSR count). The van der Waals surface area contributed by atoms with Crippen molar-refractivity contribution >= 4 is 32.7 Å². The molecule has 1 heteroatoms. The van der Waals surface area contributed by atoms with Crippen LogP contribution in [0.15, 0.2) is 229 Å². The van der Waals surface area contributed by atoms with Crippen molar-refractivity contribution in [3.63, 3.8) is 0 Å². The zero-order chi connectivity index (χ0) is 44.0. The molecule has 0 N–H and O–H groups in total. The number of furan rings is 1. The Labute approximate surface area is 387 Å². The maximum absolute atomic E-state index is 7.21. The van der Waals surface area contributed by atoms with Gasteiger partial charge in [0, 0.05) is 39.5 Å². The van der Waals surface area contributed by atoms with Crippen LogP contribution in [0.2, 0.25) is 0 Å². The fourth-order valence-corrected chi connectivity index (χ4v) is 12.7. The van der Waals surface area contributed by atoms with E-state index >= 15 is 0 Å². The molecule has 0 amide bonds. The summed E-state index contributed by atoms with van der Waals surface area (Å²) in [6.07, 6.45) is 11.2. The van der Waals surface area contributed by atoms with E-state index in [1.165, 1.54) is 93.9 Å². The van der Waals surface area contributed by atoms with Gasteiger partial charge in [-0.2, -0.15) is 0 Å². The van der Waals surface area contributed by atoms with E-state index in [1.54, 1.807) is 0 Å². The molecule has 4 unspecified atom stereocenters. The lowest BCUT2D eigenvalue weighted by Gasteiger charge is -2.39. The lowest BCUT2D eigenvalue weighted by molar-refractivity contribution is 0.456. The molecule has 3 aliphatic rings. The quantitative estimate of drug-likeness (QED) is 0.148. The summed E-state index contributed by atoms with van der Waals surface area (Å²) in [5.74, 6) is 0.668. The first-order valence-corrected chi connectivity index (χ1v) is 23.8. The minimum absolute atomic E-state index is 0.0775. The van der Waals surface area contributed by atoms with Crippen molar-refractivity contribution in [1.29, 1.82) is 0 Å². The van der Waals surface area contributed by atoms with E-state index in [9.17, 15) is 0 Å². The van der Waals surface area contributed by atoms with Gasteiger partial charge in [0.2, 0.25) is 0 Å². The summed E-state index contributed by atoms with van der Waals surface area (Å²) in [5.41, 5.74) is 18.9. The van der Waals surface area contributed by atoms with E-state index in [-0.39, 0.29) is 22.7 Å². The first-order chi connectivity index (χ1) is 32.5. The van der Waals surface area contributed by atoms with E-state index in [0.29, 0.717) is 5.92 Å². The molecule has 0 bridgehead atoms. The molecule has 0 spiro atoms. The Kier molecular flexibility index (Phi) is 8.87. The third-order valence-corrected chi connectivity index (χ3v) is 15.7. The Morgan fingerprint density at radius 3 is 2.06 bits per heavy atom. The monoisotopic (exact) mass is 846 g/mol. The molecule has 0 saturated carbocycles. The Morgan fingerprint density at radius 1 is 0.515 bits per heavy atom. The minimum Gasteiger partial charge on any atom is -0.456 e. The summed E-state index contributed by atoms with van der Waals surface area (Å²) >= 11 is 0. The van der Waals surface area contributed by atoms with Crippen molar-refractivity contribution < 1.29 is 4.42 Å². The van der Waals surface area contributed by atoms with E-state index in [0.717, 1.165) is 24.0 Å². The average Bonchev–Trinajstić information content (AvgIpc) is 3.99. The largest absolute Gasteiger partial charge is 0.456 e. The molecule has 9 aromatic carbocycles. The van der Waals surface area contributed by atoms with Gasteiger partial charge in [-0.3, -0.25) is 0 Å². The van der Waals surface area contributed by atoms with Gasteiger partial charge >= 0.3 is 0 Å². The van der Waals surface area contributed by atoms with Crippen molar-refractivity contribution in [3.05, 3.63) is 275 Å². The van der Waals surface area contributed by atoms with E-state index in [1.807, 2.05) is 0 Å². The maximum Gasteiger partial charge on any atom is 0.139 e. The van der Waals surface area contributed by atoms with Crippen molar-refractivity contribution in [2.45, 2.75) is 49.4 Å². The van der Waals surface area contributed by atoms with Crippen LogP contribution in [0.3, 0.4) is 0 Å². The standard InChI is InChI=1S/C65H50O/c1-64(2)57-32-14-11-26-49(57)52-38-36-44(40-60(52)64)47(54-30-18-31-55-62-53-29-10-9-25-48(53)56(41-61(62)66-63(54)55)43-20-5-3-6-21-43)37-35-42-19-17-24-46(39-42)65(45-22-7-4-8-23-45)58-33-15-12-27-50(58)51-28-13-16-34-59(51)65/h3-34,36,38-41,47,50,58H,35,37H2,1-2H3. The molecule has 0 saturated heterocycles. The Balaban J connectivity index is 0.971. The molecule has 10 aromatic rings. The van der Waals surface area contributed by atoms with Gasteiger partial charge in [0.1, 0.15) is 11.2 Å². The fourth-order valence-electron chi connectivity index (χ4n) is 12.7. The van der Waals surface area contributed by atoms with Crippen molar-refractivity contribution in [2.24, 2.45) is 5.92 Å². The van der Waals surface area contributed by atoms with Crippen LogP contribution < -0.4 is 0 Å². The van der Waals surface area contributed by atoms with E-state index in [2.05, 4.69) is 238 Å². The van der Waals surface area contributed by atoms with Crippen LogP contribution in [-0.2, 0) is 17.3 Å². The Bertz CT molecular complexity index is 3580. The first kappa shape index (κ1) is 38.9. The molecule has 1 nitrogen and oxygen atoms in total. The summed E-state index contributed by atoms with van der Waals surface area (Å²) in [7, 11) is 0. The van der Waals surface area contributed by atoms with Crippen molar-refractivity contribution in [3.8, 4) is 22.3 Å². The highest BCUT2D eigenvalue weighted by molar-refractivity contribution is 6.22. The fraction of sp³-hybridized carbons (Fsp3) is 0.138. The number of hydrogen-bond donors (Lipinski definition) is 0. The molecule has 0 fully saturated rings. The molecule has 1 heterocycles. The molecule has 0 radical (unpaired) electrons. The summed E-state index contributed by atoms with van der Waals surface area (Å²) in [5, 5.41) is 4.83. The van der Waals surface area contributed by atoms with Gasteiger partial charge in [0.25, 0.3) is 0 Å². The van der Waals surface area contributed by atoms with E-state index in [4.69, 9.17) is 4.42 Å². The lowest BCUT2D eigenvalue weighted by atomic mass is 9.63. The highest BCUT2D eigenvalue weighted by Crippen LogP contribution is 2.59. The SMILES string of the molecule is CC1(C)c2ccccc2-c2ccc(C(CCc3cccc(C4(c5ccccc5)c5ccccc5C5C=CC=CC54)c3)c3cccc4c3oc3cc(-c5ccccc5)c5ccccc5c34)cc21. The van der Waals surface area contributed by atoms with Gasteiger partial charge in [-0.1, -0.05) is 232 Å². The molecule has 4 atom stereocenters. The van der Waals surface area contributed by atoms with Gasteiger partial charge in [0.15, 0.2) is 0 Å². The Hall–Kier alpha value is -7.48. The second-order valence-electron chi connectivity index (χ2n) is 19.4. The van der Waals surface area contributed by atoms with Crippen molar-refractivity contribution in [1.82, 2.24) is 0 Å². The number of benzene rings is 9. The van der Waals surface area contributed by atoms with Gasteiger partial charge in [-0.25, -0.2) is 0 Å². The minimum atomic E-state index is -0.318. The predicted molar refractivity (Wildman–Crippen MR) is 275 cm³/mol. The van der Waals surface area contributed by atoms with Crippen LogP contribution in [0.25, 0.3) is 55.0 Å². The molecular formula is C65H50O. The third kappa shape index (κ3) is 5.72. The average molecular weight is 847 g/mol. The van der Waals surface area contributed by atoms with Crippen molar-refractivity contribution in [2.75, 3.05) is 0 Å². The molecule has 0 aliphatic heterocycles. The number of fused-ring (bicyclic) bond motifs is 11. The highest BCUT2D eigenvalue weighted by atomic mass is 16.3. The van der Waals surface area contributed by atoms with Crippen LogP contribution in [0.4, 0.5) is 0 Å². The number of aryl methyl sites for hydroxylation is 1. The molecule has 66 heavy (non-hydrogen) atoms. The normalized spacial score (nSPS) is 19.2. The van der Waals surface area contributed by atoms with Crippen LogP contribution in [0, 0.1) is 5.92 Å². The zero-order valence-electron chi connectivity index (χ0n) is 37.4. The summed E-state index contributed by atoms with van der Waals surface area (Å²) in [6.45, 7) is 4.78. The summed E-state index contributed by atoms with van der Waals surface area (Å²) in [4.78, 5) is 0. The maximum atomic E-state index is 7.21. The molecule has 316 valence electrons. The topological polar surface area (TPSA) is 13.1 Å². The third-order valence-electron chi connectivity index (χ3n) is 15.7. The highest BCUT2D eigenvalue weighted by Gasteiger charge is 2.52. The second-order valence-corrected chi connectivity index (χ2v) is 19.4. The van der Waals surface area contributed by atoms with Crippen LogP contribution in [0.5, 0.6) is 0 Å². The number of rotatable bonds is 8. The first-order valence-electron chi connectivity index (χ1n) is 23.8. The van der Waals surface area contributed by atoms with Gasteiger partial charge in [-0.15, -0.1) is 0 Å². The van der Waals surface area contributed by atoms with Gasteiger partial charge in [0.05, 0.1) is 5.41 Å². The van der Waals surface area contributed by atoms with Crippen LogP contribution in [0.1, 0.15) is 82.2 Å². The van der Waals surface area contributed by atoms with Gasteiger partial charge < -0.3 is 4.42 Å². The number of hydrogen-bond acceptors (Lipinski definition) is 1. The van der Waals surface area contributed by atoms with Crippen LogP contribution >= 0.6 is 0 Å². The summed E-state index contributed by atoms with van der Waals surface area (Å²) < 4.78 is 7.21. The van der Waals surface area contributed by atoms with Gasteiger partial charge in [-0.05, 0) is 96.4 Å². The second kappa shape index (κ2) is 15.0. The number of allylic oxidation sites excluding steroid dienone is 4. The predicted octanol–water partition coefficient (Wildman–Crippen LogP) is 16.7. The van der Waals surface area contributed by atoms with Crippen LogP contribution in [-0.4, -0.2) is 0 Å². The van der Waals surface area contributed by atoms with E-state index < -0.39 is 0 Å². The summed E-state index contributed by atoms with van der Waals surface area (Å²) in [6, 6.07) is 75.1. The number of para-hydroxylation sites is 1. The molecular weight excluding hydrogens is 797 g/mol. The smallest absolute Gasteiger partial charge is 0.139 e. The lowest BCUT2D eigenvalue weighted by Crippen LogP contribution is -2.35. The molecule has 3 aliphatic carbocycles. The molecule has 1 aromatic heterocycles. The zero-order valence-corrected chi connectivity index (χ0v) is 37.4.